The lowest BCUT2D eigenvalue weighted by Gasteiger charge is -2.37. The Balaban J connectivity index is 0.000000481. The number of alkyl halides is 3. The summed E-state index contributed by atoms with van der Waals surface area (Å²) in [6.45, 7) is 13.6. The Labute approximate surface area is 241 Å². The van der Waals surface area contributed by atoms with Gasteiger partial charge < -0.3 is 10.2 Å². The van der Waals surface area contributed by atoms with Gasteiger partial charge in [0.1, 0.15) is 11.2 Å². The molecule has 40 heavy (non-hydrogen) atoms. The molecule has 1 saturated heterocycles. The molecular weight excluding hydrogens is 561 g/mol. The Morgan fingerprint density at radius 3 is 2.25 bits per heavy atom. The van der Waals surface area contributed by atoms with Crippen molar-refractivity contribution in [2.45, 2.75) is 44.7 Å². The lowest BCUT2D eigenvalue weighted by molar-refractivity contribution is -0.183. The number of hydrogen-bond donors (Lipinski definition) is 1. The highest BCUT2D eigenvalue weighted by molar-refractivity contribution is 7.57. The third-order valence-electron chi connectivity index (χ3n) is 6.83. The average Bonchev–Trinajstić information content (AvgIpc) is 3.71. The van der Waals surface area contributed by atoms with E-state index in [1.165, 1.54) is 18.6 Å². The maximum atomic E-state index is 14.3. The Kier molecular flexibility index (Phi) is 12.4. The van der Waals surface area contributed by atoms with Crippen LogP contribution in [-0.2, 0) is 10.2 Å². The third-order valence-corrected chi connectivity index (χ3v) is 7.36. The van der Waals surface area contributed by atoms with Crippen molar-refractivity contribution >= 4 is 32.3 Å². The minimum atomic E-state index is -4.54. The summed E-state index contributed by atoms with van der Waals surface area (Å²) in [7, 11) is 2.90. The molecule has 1 unspecified atom stereocenters. The molecule has 1 N–H and O–H groups in total. The molecule has 5 rings (SSSR count). The van der Waals surface area contributed by atoms with E-state index < -0.39 is 24.0 Å². The number of nitrogens with one attached hydrogen (secondary N) is 1. The summed E-state index contributed by atoms with van der Waals surface area (Å²) in [6.07, 6.45) is -4.15. The molecule has 0 spiro atoms. The van der Waals surface area contributed by atoms with E-state index in [2.05, 4.69) is 46.7 Å². The molecule has 1 atom stereocenters. The maximum absolute atomic E-state index is 14.3. The molecule has 0 saturated carbocycles. The fourth-order valence-electron chi connectivity index (χ4n) is 4.66. The van der Waals surface area contributed by atoms with Crippen LogP contribution in [0.5, 0.6) is 0 Å². The molecule has 2 aromatic carbocycles. The van der Waals surface area contributed by atoms with Crippen LogP contribution in [0.4, 0.5) is 17.6 Å². The van der Waals surface area contributed by atoms with E-state index in [9.17, 15) is 22.4 Å². The van der Waals surface area contributed by atoms with E-state index in [1.54, 1.807) is 0 Å². The second kappa shape index (κ2) is 14.8. The van der Waals surface area contributed by atoms with Gasteiger partial charge in [-0.1, -0.05) is 41.1 Å². The number of benzene rings is 2. The molecule has 216 valence electrons. The van der Waals surface area contributed by atoms with Gasteiger partial charge in [0.05, 0.1) is 11.6 Å². The Morgan fingerprint density at radius 1 is 1.20 bits per heavy atom. The predicted octanol–water partition coefficient (Wildman–Crippen LogP) is 6.97. The van der Waals surface area contributed by atoms with Crippen LogP contribution >= 0.6 is 20.2 Å². The first kappa shape index (κ1) is 33.5. The SMILES string of the molecule is C1#CP1.C=C.CCNC=O.Cc1cc(C2=NCC(c3cc(C)c(F)c(Cl)c3)(C(F)(F)F)C2)ccc1C1CN(C)C1. The zero-order valence-electron chi connectivity index (χ0n) is 23.2. The van der Waals surface area contributed by atoms with Crippen molar-refractivity contribution < 1.29 is 22.4 Å². The zero-order chi connectivity index (χ0) is 30.1. The molecule has 1 fully saturated rings. The quantitative estimate of drug-likeness (QED) is 0.133. The van der Waals surface area contributed by atoms with Crippen LogP contribution < -0.4 is 5.32 Å². The topological polar surface area (TPSA) is 44.7 Å². The molecule has 2 aromatic rings. The summed E-state index contributed by atoms with van der Waals surface area (Å²) in [5, 5.41) is 2.13. The summed E-state index contributed by atoms with van der Waals surface area (Å²) in [5.41, 5.74) is 6.85. The summed E-state index contributed by atoms with van der Waals surface area (Å²) < 4.78 is 56.8. The van der Waals surface area contributed by atoms with Crippen molar-refractivity contribution in [3.63, 3.8) is 0 Å². The van der Waals surface area contributed by atoms with Gasteiger partial charge in [-0.2, -0.15) is 13.2 Å². The Bertz CT molecular complexity index is 1250. The first-order valence-electron chi connectivity index (χ1n) is 12.7. The fourth-order valence-corrected chi connectivity index (χ4v) is 4.93. The summed E-state index contributed by atoms with van der Waals surface area (Å²) >= 11 is 5.88. The van der Waals surface area contributed by atoms with Crippen LogP contribution in [0.2, 0.25) is 5.02 Å². The second-order valence-electron chi connectivity index (χ2n) is 9.65. The minimum absolute atomic E-state index is 0.0384. The van der Waals surface area contributed by atoms with Gasteiger partial charge in [-0.05, 0) is 67.8 Å². The maximum Gasteiger partial charge on any atom is 0.400 e. The fraction of sp³-hybridized carbons (Fsp3) is 0.400. The van der Waals surface area contributed by atoms with Gasteiger partial charge >= 0.3 is 6.18 Å². The average molecular weight is 596 g/mol. The largest absolute Gasteiger partial charge is 0.400 e. The van der Waals surface area contributed by atoms with Crippen LogP contribution in [0.1, 0.15) is 47.1 Å². The van der Waals surface area contributed by atoms with E-state index in [0.29, 0.717) is 23.6 Å². The highest BCUT2D eigenvalue weighted by Gasteiger charge is 2.58. The number of aryl methyl sites for hydroxylation is 2. The van der Waals surface area contributed by atoms with Crippen LogP contribution in [-0.4, -0.2) is 56.4 Å². The standard InChI is InChI=1S/C23H23ClF4N2.C3H7NO.C2HP.C2H4/c1-13-6-15(4-5-18(13)16-10-30(3)11-16)20-9-22(12-29-20,23(26,27)28)17-7-14(2)21(25)19(24)8-17;1-2-4-3-5;1-2-3-1;1-2/h4-8,16H,9-12H2,1-3H3;3H,2H2,1H3,(H,4,5);3H;1-2H2. The summed E-state index contributed by atoms with van der Waals surface area (Å²) in [5.74, 6) is -0.224. The van der Waals surface area contributed by atoms with E-state index in [1.807, 2.05) is 32.0 Å². The lowest BCUT2D eigenvalue weighted by Crippen LogP contribution is -2.44. The number of halogens is 5. The normalized spacial score (nSPS) is 19.1. The van der Waals surface area contributed by atoms with Gasteiger partial charge in [0.25, 0.3) is 0 Å². The number of likely N-dealkylation sites (tertiary alicyclic amines) is 1. The van der Waals surface area contributed by atoms with Crippen molar-refractivity contribution in [3.8, 4) is 11.3 Å². The van der Waals surface area contributed by atoms with Crippen molar-refractivity contribution in [3.05, 3.63) is 82.1 Å². The van der Waals surface area contributed by atoms with Crippen molar-refractivity contribution in [1.82, 2.24) is 10.2 Å². The predicted molar refractivity (Wildman–Crippen MR) is 158 cm³/mol. The first-order chi connectivity index (χ1) is 18.9. The monoisotopic (exact) mass is 595 g/mol. The number of likely N-dealkylation sites (N-methyl/N-ethyl adjacent to an activating group) is 1. The van der Waals surface area contributed by atoms with E-state index in [-0.39, 0.29) is 22.6 Å². The minimum Gasteiger partial charge on any atom is -0.359 e. The van der Waals surface area contributed by atoms with E-state index in [4.69, 9.17) is 11.6 Å². The van der Waals surface area contributed by atoms with Crippen LogP contribution in [0.25, 0.3) is 0 Å². The van der Waals surface area contributed by atoms with Crippen molar-refractivity contribution in [2.24, 2.45) is 4.99 Å². The molecule has 0 aliphatic carbocycles. The highest BCUT2D eigenvalue weighted by Crippen LogP contribution is 2.49. The molecule has 1 amide bonds. The smallest absolute Gasteiger partial charge is 0.359 e. The molecule has 0 radical (unpaired) electrons. The van der Waals surface area contributed by atoms with Gasteiger partial charge in [0.15, 0.2) is 0 Å². The molecule has 10 heteroatoms. The molecule has 0 aromatic heterocycles. The van der Waals surface area contributed by atoms with E-state index in [0.717, 1.165) is 39.8 Å². The second-order valence-corrected chi connectivity index (χ2v) is 10.8. The molecule has 3 heterocycles. The number of carbonyl (C=O) groups is 1. The van der Waals surface area contributed by atoms with Crippen LogP contribution in [0, 0.1) is 31.0 Å². The summed E-state index contributed by atoms with van der Waals surface area (Å²) in [4.78, 5) is 15.8. The Morgan fingerprint density at radius 2 is 1.82 bits per heavy atom. The number of hydrogen-bond acceptors (Lipinski definition) is 3. The van der Waals surface area contributed by atoms with Crippen molar-refractivity contribution in [1.29, 1.82) is 0 Å². The van der Waals surface area contributed by atoms with Crippen molar-refractivity contribution in [2.75, 3.05) is 33.2 Å². The lowest BCUT2D eigenvalue weighted by atomic mass is 9.76. The molecule has 3 aliphatic heterocycles. The Hall–Kier alpha value is -2.72. The molecule has 4 nitrogen and oxygen atoms in total. The zero-order valence-corrected chi connectivity index (χ0v) is 24.9. The number of aliphatic imine (C=N–C) groups is 1. The van der Waals surface area contributed by atoms with Gasteiger partial charge in [-0.3, -0.25) is 9.79 Å². The van der Waals surface area contributed by atoms with Gasteiger partial charge in [-0.25, -0.2) is 4.39 Å². The van der Waals surface area contributed by atoms with Crippen LogP contribution in [0.15, 0.2) is 48.5 Å². The number of carbonyl (C=O) groups excluding carboxylic acids is 1. The number of nitrogens with zero attached hydrogens (tertiary/aromatic N) is 2. The number of amides is 1. The summed E-state index contributed by atoms with van der Waals surface area (Å²) in [6, 6.07) is 8.15. The molecule has 3 aliphatic rings. The number of rotatable bonds is 5. The highest BCUT2D eigenvalue weighted by atomic mass is 35.5. The van der Waals surface area contributed by atoms with E-state index >= 15 is 0 Å². The van der Waals surface area contributed by atoms with Gasteiger partial charge in [-0.15, -0.1) is 13.2 Å². The van der Waals surface area contributed by atoms with Gasteiger partial charge in [0.2, 0.25) is 6.41 Å². The van der Waals surface area contributed by atoms with Gasteiger partial charge in [0, 0.05) is 46.3 Å². The third kappa shape index (κ3) is 8.16. The van der Waals surface area contributed by atoms with Crippen LogP contribution in [0.3, 0.4) is 0 Å². The molecule has 0 bridgehead atoms. The first-order valence-corrected chi connectivity index (χ1v) is 14.1. The molecular formula is C30H35ClF4N3OP.